The van der Waals surface area contributed by atoms with Gasteiger partial charge in [-0.1, -0.05) is 0 Å². The van der Waals surface area contributed by atoms with E-state index in [9.17, 15) is 4.79 Å². The zero-order chi connectivity index (χ0) is 17.6. The van der Waals surface area contributed by atoms with Gasteiger partial charge in [0, 0.05) is 16.2 Å². The van der Waals surface area contributed by atoms with E-state index in [0.717, 1.165) is 21.5 Å². The van der Waals surface area contributed by atoms with Gasteiger partial charge in [0.1, 0.15) is 23.9 Å². The second kappa shape index (κ2) is 8.13. The van der Waals surface area contributed by atoms with E-state index in [-0.39, 0.29) is 5.91 Å². The molecule has 0 aliphatic heterocycles. The summed E-state index contributed by atoms with van der Waals surface area (Å²) in [4.78, 5) is 17.0. The summed E-state index contributed by atoms with van der Waals surface area (Å²) in [5.74, 6) is 1.86. The fraction of sp³-hybridized carbons (Fsp3) is 0.111. The van der Waals surface area contributed by atoms with Crippen LogP contribution in [0.5, 0.6) is 11.5 Å². The lowest BCUT2D eigenvalue weighted by molar-refractivity contribution is 0.103. The molecule has 0 bridgehead atoms. The smallest absolute Gasteiger partial charge is 0.266 e. The number of ether oxygens (including phenoxy) is 2. The highest BCUT2D eigenvalue weighted by Gasteiger charge is 2.10. The molecule has 0 aliphatic carbocycles. The Bertz CT molecular complexity index is 848. The van der Waals surface area contributed by atoms with E-state index in [4.69, 9.17) is 9.47 Å². The minimum absolute atomic E-state index is 0.185. The zero-order valence-corrected chi connectivity index (χ0v) is 15.8. The van der Waals surface area contributed by atoms with Crippen LogP contribution in [-0.2, 0) is 6.61 Å². The molecule has 2 aromatic heterocycles. The van der Waals surface area contributed by atoms with Crippen LogP contribution in [0.25, 0.3) is 0 Å². The number of benzene rings is 1. The van der Waals surface area contributed by atoms with E-state index in [1.807, 2.05) is 41.8 Å². The molecule has 0 spiro atoms. The normalized spacial score (nSPS) is 10.3. The van der Waals surface area contributed by atoms with Crippen LogP contribution in [0, 0.1) is 0 Å². The number of carbonyl (C=O) groups is 1. The first-order valence-corrected chi connectivity index (χ1v) is 9.08. The van der Waals surface area contributed by atoms with Crippen LogP contribution < -0.4 is 14.8 Å². The number of amides is 1. The molecule has 0 saturated carbocycles. The number of nitrogens with one attached hydrogen (secondary N) is 1. The van der Waals surface area contributed by atoms with E-state index in [2.05, 4.69) is 26.2 Å². The number of pyridine rings is 1. The number of aromatic nitrogens is 1. The number of anilines is 1. The maximum Gasteiger partial charge on any atom is 0.266 e. The lowest BCUT2D eigenvalue weighted by atomic mass is 10.3. The van der Waals surface area contributed by atoms with Crippen LogP contribution in [-0.4, -0.2) is 18.0 Å². The molecule has 0 aliphatic rings. The van der Waals surface area contributed by atoms with Gasteiger partial charge in [0.15, 0.2) is 0 Å². The van der Waals surface area contributed by atoms with Gasteiger partial charge in [-0.15, -0.1) is 11.3 Å². The van der Waals surface area contributed by atoms with Crippen LogP contribution in [0.15, 0.2) is 58.5 Å². The second-order valence-corrected chi connectivity index (χ2v) is 6.93. The third kappa shape index (κ3) is 4.80. The minimum Gasteiger partial charge on any atom is -0.497 e. The highest BCUT2D eigenvalue weighted by Crippen LogP contribution is 2.21. The average Bonchev–Trinajstić information content (AvgIpc) is 3.11. The molecular formula is C18H15BrN2O3S. The predicted molar refractivity (Wildman–Crippen MR) is 102 cm³/mol. The van der Waals surface area contributed by atoms with Crippen molar-refractivity contribution in [3.63, 3.8) is 0 Å². The Morgan fingerprint density at radius 1 is 1.20 bits per heavy atom. The van der Waals surface area contributed by atoms with Gasteiger partial charge in [-0.3, -0.25) is 4.79 Å². The number of methoxy groups -OCH3 is 1. The van der Waals surface area contributed by atoms with Crippen molar-refractivity contribution < 1.29 is 14.3 Å². The molecular weight excluding hydrogens is 404 g/mol. The van der Waals surface area contributed by atoms with Crippen molar-refractivity contribution in [2.24, 2.45) is 0 Å². The average molecular weight is 419 g/mol. The van der Waals surface area contributed by atoms with E-state index >= 15 is 0 Å². The van der Waals surface area contributed by atoms with Gasteiger partial charge < -0.3 is 14.8 Å². The monoisotopic (exact) mass is 418 g/mol. The van der Waals surface area contributed by atoms with E-state index < -0.39 is 0 Å². The largest absolute Gasteiger partial charge is 0.497 e. The first kappa shape index (κ1) is 17.4. The third-order valence-corrected chi connectivity index (χ3v) is 4.76. The summed E-state index contributed by atoms with van der Waals surface area (Å²) in [6.45, 7) is 0.395. The van der Waals surface area contributed by atoms with Gasteiger partial charge in [0.2, 0.25) is 0 Å². The van der Waals surface area contributed by atoms with Crippen molar-refractivity contribution in [1.29, 1.82) is 0 Å². The lowest BCUT2D eigenvalue weighted by Crippen LogP contribution is -2.11. The molecule has 0 unspecified atom stereocenters. The SMILES string of the molecule is COc1ccc(OCc2csc(C(=O)Nc3ccc(Br)cn3)c2)cc1. The van der Waals surface area contributed by atoms with Crippen LogP contribution >= 0.6 is 27.3 Å². The molecule has 1 amide bonds. The number of thiophene rings is 1. The predicted octanol–water partition coefficient (Wildman–Crippen LogP) is 4.75. The Morgan fingerprint density at radius 2 is 1.96 bits per heavy atom. The summed E-state index contributed by atoms with van der Waals surface area (Å²) >= 11 is 4.68. The van der Waals surface area contributed by atoms with Crippen LogP contribution in [0.3, 0.4) is 0 Å². The van der Waals surface area contributed by atoms with E-state index in [0.29, 0.717) is 17.3 Å². The first-order chi connectivity index (χ1) is 12.1. The summed E-state index contributed by atoms with van der Waals surface area (Å²) < 4.78 is 11.7. The standard InChI is InChI=1S/C18H15BrN2O3S/c1-23-14-3-5-15(6-4-14)24-10-12-8-16(25-11-12)18(22)21-17-7-2-13(19)9-20-17/h2-9,11H,10H2,1H3,(H,20,21,22). The topological polar surface area (TPSA) is 60.5 Å². The van der Waals surface area contributed by atoms with Crippen LogP contribution in [0.1, 0.15) is 15.2 Å². The molecule has 2 heterocycles. The lowest BCUT2D eigenvalue weighted by Gasteiger charge is -2.05. The Hall–Kier alpha value is -2.38. The summed E-state index contributed by atoms with van der Waals surface area (Å²) in [6.07, 6.45) is 1.64. The van der Waals surface area contributed by atoms with E-state index in [1.165, 1.54) is 11.3 Å². The molecule has 5 nitrogen and oxygen atoms in total. The third-order valence-electron chi connectivity index (χ3n) is 3.31. The van der Waals surface area contributed by atoms with Gasteiger partial charge in [0.25, 0.3) is 5.91 Å². The van der Waals surface area contributed by atoms with E-state index in [1.54, 1.807) is 19.4 Å². The Balaban J connectivity index is 1.57. The van der Waals surface area contributed by atoms with Crippen molar-refractivity contribution in [2.75, 3.05) is 12.4 Å². The minimum atomic E-state index is -0.185. The van der Waals surface area contributed by atoms with Crippen LogP contribution in [0.4, 0.5) is 5.82 Å². The van der Waals surface area contributed by atoms with Crippen molar-refractivity contribution in [3.8, 4) is 11.5 Å². The number of halogens is 1. The molecule has 0 fully saturated rings. The molecule has 1 aromatic carbocycles. The number of hydrogen-bond acceptors (Lipinski definition) is 5. The maximum atomic E-state index is 12.3. The van der Waals surface area contributed by atoms with Crippen molar-refractivity contribution >= 4 is 39.0 Å². The number of nitrogens with zero attached hydrogens (tertiary/aromatic N) is 1. The van der Waals surface area contributed by atoms with Crippen molar-refractivity contribution in [3.05, 3.63) is 69.0 Å². The molecule has 3 aromatic rings. The van der Waals surface area contributed by atoms with Gasteiger partial charge in [0.05, 0.1) is 12.0 Å². The molecule has 7 heteroatoms. The highest BCUT2D eigenvalue weighted by atomic mass is 79.9. The Labute approximate surface area is 157 Å². The maximum absolute atomic E-state index is 12.3. The summed E-state index contributed by atoms with van der Waals surface area (Å²) in [5.41, 5.74) is 0.940. The summed E-state index contributed by atoms with van der Waals surface area (Å²) in [7, 11) is 1.62. The molecule has 1 N–H and O–H groups in total. The fourth-order valence-electron chi connectivity index (χ4n) is 2.04. The zero-order valence-electron chi connectivity index (χ0n) is 13.4. The Kier molecular flexibility index (Phi) is 5.67. The highest BCUT2D eigenvalue weighted by molar-refractivity contribution is 9.10. The first-order valence-electron chi connectivity index (χ1n) is 7.41. The molecule has 0 atom stereocenters. The summed E-state index contributed by atoms with van der Waals surface area (Å²) in [6, 6.07) is 12.8. The molecule has 128 valence electrons. The van der Waals surface area contributed by atoms with Crippen molar-refractivity contribution in [2.45, 2.75) is 6.61 Å². The quantitative estimate of drug-likeness (QED) is 0.627. The molecule has 3 rings (SSSR count). The molecule has 0 radical (unpaired) electrons. The fourth-order valence-corrected chi connectivity index (χ4v) is 3.06. The number of carbonyl (C=O) groups excluding carboxylic acids is 1. The van der Waals surface area contributed by atoms with Gasteiger partial charge in [-0.2, -0.15) is 0 Å². The second-order valence-electron chi connectivity index (χ2n) is 5.10. The number of hydrogen-bond donors (Lipinski definition) is 1. The van der Waals surface area contributed by atoms with Gasteiger partial charge in [-0.05, 0) is 63.8 Å². The van der Waals surface area contributed by atoms with Crippen molar-refractivity contribution in [1.82, 2.24) is 4.98 Å². The number of rotatable bonds is 6. The van der Waals surface area contributed by atoms with Gasteiger partial charge >= 0.3 is 0 Å². The van der Waals surface area contributed by atoms with Gasteiger partial charge in [-0.25, -0.2) is 4.98 Å². The van der Waals surface area contributed by atoms with Crippen LogP contribution in [0.2, 0.25) is 0 Å². The summed E-state index contributed by atoms with van der Waals surface area (Å²) in [5, 5.41) is 4.68. The molecule has 0 saturated heterocycles. The molecule has 25 heavy (non-hydrogen) atoms. The Morgan fingerprint density at radius 3 is 2.64 bits per heavy atom.